The molecule has 0 fully saturated rings. The van der Waals surface area contributed by atoms with Crippen molar-refractivity contribution in [1.82, 2.24) is 4.98 Å². The van der Waals surface area contributed by atoms with E-state index in [0.29, 0.717) is 0 Å². The summed E-state index contributed by atoms with van der Waals surface area (Å²) < 4.78 is 0. The van der Waals surface area contributed by atoms with Gasteiger partial charge in [-0.25, -0.2) is 4.98 Å². The monoisotopic (exact) mass is 245 g/mol. The Morgan fingerprint density at radius 1 is 1.41 bits per heavy atom. The number of benzene rings is 1. The van der Waals surface area contributed by atoms with E-state index in [1.54, 1.807) is 5.51 Å². The van der Waals surface area contributed by atoms with E-state index < -0.39 is 0 Å². The van der Waals surface area contributed by atoms with Crippen LogP contribution >= 0.6 is 11.3 Å². The molecule has 1 aromatic heterocycles. The molecule has 0 unspecified atom stereocenters. The van der Waals surface area contributed by atoms with Gasteiger partial charge in [0.1, 0.15) is 10.7 Å². The molecule has 0 bridgehead atoms. The fourth-order valence-electron chi connectivity index (χ4n) is 2.40. The summed E-state index contributed by atoms with van der Waals surface area (Å²) >= 11 is 1.49. The van der Waals surface area contributed by atoms with Crippen LogP contribution in [0.25, 0.3) is 11.3 Å². The molecule has 0 saturated heterocycles. The lowest BCUT2D eigenvalue weighted by Crippen LogP contribution is -2.24. The molecular weight excluding hydrogens is 230 g/mol. The van der Waals surface area contributed by atoms with Gasteiger partial charge in [0.05, 0.1) is 5.51 Å². The molecule has 2 heterocycles. The van der Waals surface area contributed by atoms with Gasteiger partial charge in [-0.3, -0.25) is 0 Å². The fraction of sp³-hybridized carbons (Fsp3) is 0.308. The predicted octanol–water partition coefficient (Wildman–Crippen LogP) is 2.77. The lowest BCUT2D eigenvalue weighted by atomic mass is 9.98. The lowest BCUT2D eigenvalue weighted by Gasteiger charge is -2.27. The van der Waals surface area contributed by atoms with Crippen molar-refractivity contribution in [3.05, 3.63) is 29.3 Å². The number of hydrogen-bond acceptors (Lipinski definition) is 4. The average molecular weight is 245 g/mol. The highest BCUT2D eigenvalue weighted by atomic mass is 32.1. The zero-order chi connectivity index (χ0) is 11.8. The second-order valence-electron chi connectivity index (χ2n) is 4.43. The molecule has 1 aromatic carbocycles. The van der Waals surface area contributed by atoms with E-state index in [1.165, 1.54) is 29.0 Å². The van der Waals surface area contributed by atoms with Crippen molar-refractivity contribution in [2.45, 2.75) is 12.8 Å². The molecule has 0 saturated carbocycles. The largest absolute Gasteiger partial charge is 0.389 e. The molecule has 0 spiro atoms. The van der Waals surface area contributed by atoms with Crippen LogP contribution < -0.4 is 10.6 Å². The first-order valence-electron chi connectivity index (χ1n) is 5.79. The summed E-state index contributed by atoms with van der Waals surface area (Å²) in [5.74, 6) is 0. The standard InChI is InChI=1S/C13H15N3S/c1-16-6-2-3-9-7-10(4-5-11(9)16)12-13(14)17-8-15-12/h4-5,7-8H,2-3,6,14H2,1H3. The maximum atomic E-state index is 5.92. The number of fused-ring (bicyclic) bond motifs is 1. The topological polar surface area (TPSA) is 42.2 Å². The number of aryl methyl sites for hydroxylation is 1. The quantitative estimate of drug-likeness (QED) is 0.840. The van der Waals surface area contributed by atoms with Crippen molar-refractivity contribution >= 4 is 22.0 Å². The molecule has 0 atom stereocenters. The number of thiazole rings is 1. The highest BCUT2D eigenvalue weighted by Gasteiger charge is 2.15. The van der Waals surface area contributed by atoms with E-state index in [4.69, 9.17) is 5.73 Å². The number of nitrogens with two attached hydrogens (primary N) is 1. The SMILES string of the molecule is CN1CCCc2cc(-c3ncsc3N)ccc21. The number of nitrogen functional groups attached to an aromatic ring is 1. The van der Waals surface area contributed by atoms with Crippen LogP contribution in [-0.4, -0.2) is 18.6 Å². The molecular formula is C13H15N3S. The normalized spacial score (nSPS) is 14.8. The second-order valence-corrected chi connectivity index (χ2v) is 5.32. The molecule has 17 heavy (non-hydrogen) atoms. The molecule has 88 valence electrons. The van der Waals surface area contributed by atoms with E-state index >= 15 is 0 Å². The van der Waals surface area contributed by atoms with E-state index in [1.807, 2.05) is 0 Å². The summed E-state index contributed by atoms with van der Waals surface area (Å²) in [7, 11) is 2.15. The number of hydrogen-bond donors (Lipinski definition) is 1. The van der Waals surface area contributed by atoms with Gasteiger partial charge >= 0.3 is 0 Å². The van der Waals surface area contributed by atoms with E-state index in [2.05, 4.69) is 35.1 Å². The van der Waals surface area contributed by atoms with Crippen molar-refractivity contribution in [3.63, 3.8) is 0 Å². The summed E-state index contributed by atoms with van der Waals surface area (Å²) in [6.07, 6.45) is 2.37. The Balaban J connectivity index is 2.07. The van der Waals surface area contributed by atoms with Crippen LogP contribution in [0.4, 0.5) is 10.7 Å². The van der Waals surface area contributed by atoms with Crippen LogP contribution in [0.5, 0.6) is 0 Å². The molecule has 3 nitrogen and oxygen atoms in total. The molecule has 2 aromatic rings. The van der Waals surface area contributed by atoms with Crippen LogP contribution in [0.2, 0.25) is 0 Å². The first-order chi connectivity index (χ1) is 8.25. The maximum Gasteiger partial charge on any atom is 0.114 e. The highest BCUT2D eigenvalue weighted by Crippen LogP contribution is 2.33. The minimum absolute atomic E-state index is 0.800. The number of anilines is 2. The van der Waals surface area contributed by atoms with Gasteiger partial charge in [-0.05, 0) is 30.5 Å². The molecule has 1 aliphatic rings. The first kappa shape index (κ1) is 10.6. The van der Waals surface area contributed by atoms with Crippen LogP contribution in [0.3, 0.4) is 0 Å². The minimum Gasteiger partial charge on any atom is -0.389 e. The summed E-state index contributed by atoms with van der Waals surface area (Å²) in [4.78, 5) is 6.65. The van der Waals surface area contributed by atoms with Gasteiger partial charge in [0.2, 0.25) is 0 Å². The molecule has 0 aliphatic carbocycles. The predicted molar refractivity (Wildman–Crippen MR) is 73.6 cm³/mol. The molecule has 0 amide bonds. The molecule has 4 heteroatoms. The lowest BCUT2D eigenvalue weighted by molar-refractivity contribution is 0.745. The van der Waals surface area contributed by atoms with Crippen molar-refractivity contribution in [2.75, 3.05) is 24.2 Å². The molecule has 0 radical (unpaired) electrons. The van der Waals surface area contributed by atoms with Gasteiger partial charge in [-0.1, -0.05) is 6.07 Å². The van der Waals surface area contributed by atoms with Crippen LogP contribution in [0.1, 0.15) is 12.0 Å². The van der Waals surface area contributed by atoms with Crippen molar-refractivity contribution < 1.29 is 0 Å². The summed E-state index contributed by atoms with van der Waals surface area (Å²) in [6.45, 7) is 1.14. The third-order valence-electron chi connectivity index (χ3n) is 3.30. The molecule has 2 N–H and O–H groups in total. The Hall–Kier alpha value is -1.55. The van der Waals surface area contributed by atoms with Crippen molar-refractivity contribution in [3.8, 4) is 11.3 Å². The second kappa shape index (κ2) is 4.04. The van der Waals surface area contributed by atoms with Gasteiger partial charge in [0, 0.05) is 24.8 Å². The Morgan fingerprint density at radius 3 is 3.06 bits per heavy atom. The van der Waals surface area contributed by atoms with Crippen molar-refractivity contribution in [1.29, 1.82) is 0 Å². The summed E-state index contributed by atoms with van der Waals surface area (Å²) in [5, 5.41) is 0.800. The number of rotatable bonds is 1. The summed E-state index contributed by atoms with van der Waals surface area (Å²) in [5.41, 5.74) is 12.5. The smallest absolute Gasteiger partial charge is 0.114 e. The van der Waals surface area contributed by atoms with Crippen molar-refractivity contribution in [2.24, 2.45) is 0 Å². The fourth-order valence-corrected chi connectivity index (χ4v) is 2.96. The van der Waals surface area contributed by atoms with E-state index in [-0.39, 0.29) is 0 Å². The van der Waals surface area contributed by atoms with Gasteiger partial charge < -0.3 is 10.6 Å². The van der Waals surface area contributed by atoms with Gasteiger partial charge in [0.25, 0.3) is 0 Å². The summed E-state index contributed by atoms with van der Waals surface area (Å²) in [6, 6.07) is 6.53. The first-order valence-corrected chi connectivity index (χ1v) is 6.67. The average Bonchev–Trinajstić information content (AvgIpc) is 2.75. The number of nitrogens with zero attached hydrogens (tertiary/aromatic N) is 2. The zero-order valence-corrected chi connectivity index (χ0v) is 10.6. The van der Waals surface area contributed by atoms with E-state index in [0.717, 1.165) is 29.2 Å². The third kappa shape index (κ3) is 1.78. The van der Waals surface area contributed by atoms with E-state index in [9.17, 15) is 0 Å². The van der Waals surface area contributed by atoms with Gasteiger partial charge in [-0.2, -0.15) is 0 Å². The Morgan fingerprint density at radius 2 is 2.29 bits per heavy atom. The van der Waals surface area contributed by atoms with Crippen LogP contribution in [0, 0.1) is 0 Å². The zero-order valence-electron chi connectivity index (χ0n) is 9.81. The Bertz CT molecular complexity index is 547. The number of aromatic nitrogens is 1. The molecule has 3 rings (SSSR count). The van der Waals surface area contributed by atoms with Gasteiger partial charge in [0.15, 0.2) is 0 Å². The van der Waals surface area contributed by atoms with Gasteiger partial charge in [-0.15, -0.1) is 11.3 Å². The Labute approximate surface area is 105 Å². The Kier molecular flexibility index (Phi) is 2.52. The molecule has 1 aliphatic heterocycles. The van der Waals surface area contributed by atoms with Crippen LogP contribution in [0.15, 0.2) is 23.7 Å². The minimum atomic E-state index is 0.800. The third-order valence-corrected chi connectivity index (χ3v) is 3.96. The highest BCUT2D eigenvalue weighted by molar-refractivity contribution is 7.14. The maximum absolute atomic E-state index is 5.92. The van der Waals surface area contributed by atoms with Crippen LogP contribution in [-0.2, 0) is 6.42 Å².